The van der Waals surface area contributed by atoms with Gasteiger partial charge < -0.3 is 15.4 Å². The van der Waals surface area contributed by atoms with Crippen LogP contribution in [0.1, 0.15) is 37.3 Å². The molecule has 102 valence electrons. The van der Waals surface area contributed by atoms with Gasteiger partial charge in [0, 0.05) is 18.8 Å². The van der Waals surface area contributed by atoms with Crippen LogP contribution in [0.4, 0.5) is 5.69 Å². The van der Waals surface area contributed by atoms with E-state index in [0.717, 1.165) is 44.5 Å². The molecule has 0 aliphatic carbocycles. The lowest BCUT2D eigenvalue weighted by Crippen LogP contribution is -2.38. The minimum Gasteiger partial charge on any atom is -0.399 e. The van der Waals surface area contributed by atoms with Crippen LogP contribution in [0.5, 0.6) is 0 Å². The second kappa shape index (κ2) is 5.21. The second-order valence-corrected chi connectivity index (χ2v) is 5.36. The van der Waals surface area contributed by atoms with Gasteiger partial charge in [-0.1, -0.05) is 12.1 Å². The van der Waals surface area contributed by atoms with Gasteiger partial charge in [-0.2, -0.15) is 0 Å². The van der Waals surface area contributed by atoms with Crippen LogP contribution in [-0.4, -0.2) is 30.1 Å². The number of likely N-dealkylation sites (tertiary alicyclic amines) is 1. The standard InChI is InChI=1S/C15H20N2O2/c16-12-7-5-11(6-8-12)13-3-1-9-17(13)15(18)14-4-2-10-19-14/h5-8,13-14H,1-4,9-10,16H2. The van der Waals surface area contributed by atoms with Gasteiger partial charge in [0.15, 0.2) is 0 Å². The molecule has 19 heavy (non-hydrogen) atoms. The van der Waals surface area contributed by atoms with Gasteiger partial charge in [0.25, 0.3) is 5.91 Å². The first-order chi connectivity index (χ1) is 9.25. The van der Waals surface area contributed by atoms with Crippen LogP contribution in [0, 0.1) is 0 Å². The Bertz CT molecular complexity index is 452. The Hall–Kier alpha value is -1.55. The zero-order valence-electron chi connectivity index (χ0n) is 11.0. The number of rotatable bonds is 2. The zero-order valence-corrected chi connectivity index (χ0v) is 11.0. The molecule has 0 radical (unpaired) electrons. The summed E-state index contributed by atoms with van der Waals surface area (Å²) in [4.78, 5) is 14.5. The lowest BCUT2D eigenvalue weighted by Gasteiger charge is -2.27. The predicted octanol–water partition coefficient (Wildman–Crippen LogP) is 2.11. The highest BCUT2D eigenvalue weighted by Gasteiger charge is 2.35. The largest absolute Gasteiger partial charge is 0.399 e. The molecule has 2 aliphatic rings. The summed E-state index contributed by atoms with van der Waals surface area (Å²) < 4.78 is 5.52. The van der Waals surface area contributed by atoms with E-state index in [1.54, 1.807) is 0 Å². The number of nitrogen functional groups attached to an aromatic ring is 1. The molecule has 0 aromatic heterocycles. The summed E-state index contributed by atoms with van der Waals surface area (Å²) >= 11 is 0. The van der Waals surface area contributed by atoms with Gasteiger partial charge in [-0.05, 0) is 43.4 Å². The highest BCUT2D eigenvalue weighted by atomic mass is 16.5. The molecule has 4 heteroatoms. The van der Waals surface area contributed by atoms with Crippen LogP contribution in [-0.2, 0) is 9.53 Å². The monoisotopic (exact) mass is 260 g/mol. The Labute approximate surface area is 113 Å². The molecular weight excluding hydrogens is 240 g/mol. The Morgan fingerprint density at radius 1 is 1.21 bits per heavy atom. The fourth-order valence-electron chi connectivity index (χ4n) is 3.05. The molecule has 2 aliphatic heterocycles. The van der Waals surface area contributed by atoms with Crippen molar-refractivity contribution in [3.8, 4) is 0 Å². The number of nitrogens with two attached hydrogens (primary N) is 1. The van der Waals surface area contributed by atoms with E-state index in [9.17, 15) is 4.79 Å². The average Bonchev–Trinajstić information content (AvgIpc) is 3.10. The van der Waals surface area contributed by atoms with E-state index in [0.29, 0.717) is 0 Å². The van der Waals surface area contributed by atoms with Gasteiger partial charge in [-0.25, -0.2) is 0 Å². The smallest absolute Gasteiger partial charge is 0.252 e. The van der Waals surface area contributed by atoms with Crippen molar-refractivity contribution < 1.29 is 9.53 Å². The normalized spacial score (nSPS) is 26.8. The number of hydrogen-bond donors (Lipinski definition) is 1. The Morgan fingerprint density at radius 2 is 2.00 bits per heavy atom. The Balaban J connectivity index is 1.77. The lowest BCUT2D eigenvalue weighted by molar-refractivity contribution is -0.141. The average molecular weight is 260 g/mol. The molecule has 1 aromatic carbocycles. The third-order valence-electron chi connectivity index (χ3n) is 4.06. The molecule has 2 N–H and O–H groups in total. The summed E-state index contributed by atoms with van der Waals surface area (Å²) in [5.74, 6) is 0.164. The van der Waals surface area contributed by atoms with Crippen molar-refractivity contribution in [1.82, 2.24) is 4.90 Å². The van der Waals surface area contributed by atoms with Gasteiger partial charge in [0.05, 0.1) is 6.04 Å². The molecule has 2 fully saturated rings. The maximum absolute atomic E-state index is 12.5. The highest BCUT2D eigenvalue weighted by molar-refractivity contribution is 5.82. The molecule has 2 unspecified atom stereocenters. The van der Waals surface area contributed by atoms with E-state index in [-0.39, 0.29) is 18.1 Å². The summed E-state index contributed by atoms with van der Waals surface area (Å²) in [5.41, 5.74) is 7.66. The molecule has 1 amide bonds. The van der Waals surface area contributed by atoms with Crippen molar-refractivity contribution in [3.05, 3.63) is 29.8 Å². The van der Waals surface area contributed by atoms with Crippen molar-refractivity contribution in [2.75, 3.05) is 18.9 Å². The molecule has 3 rings (SSSR count). The van der Waals surface area contributed by atoms with E-state index >= 15 is 0 Å². The maximum atomic E-state index is 12.5. The highest BCUT2D eigenvalue weighted by Crippen LogP contribution is 2.33. The number of hydrogen-bond acceptors (Lipinski definition) is 3. The predicted molar refractivity (Wildman–Crippen MR) is 73.5 cm³/mol. The van der Waals surface area contributed by atoms with Gasteiger partial charge in [-0.15, -0.1) is 0 Å². The number of anilines is 1. The fraction of sp³-hybridized carbons (Fsp3) is 0.533. The molecule has 0 spiro atoms. The van der Waals surface area contributed by atoms with E-state index in [4.69, 9.17) is 10.5 Å². The number of benzene rings is 1. The van der Waals surface area contributed by atoms with Crippen LogP contribution in [0.15, 0.2) is 24.3 Å². The summed E-state index contributed by atoms with van der Waals surface area (Å²) in [5, 5.41) is 0. The molecule has 2 heterocycles. The molecule has 4 nitrogen and oxygen atoms in total. The summed E-state index contributed by atoms with van der Waals surface area (Å²) in [6.45, 7) is 1.56. The molecule has 0 saturated carbocycles. The molecular formula is C15H20N2O2. The minimum atomic E-state index is -0.214. The summed E-state index contributed by atoms with van der Waals surface area (Å²) in [6, 6.07) is 8.06. The SMILES string of the molecule is Nc1ccc(C2CCCN2C(=O)C2CCCO2)cc1. The van der Waals surface area contributed by atoms with E-state index in [2.05, 4.69) is 0 Å². The van der Waals surface area contributed by atoms with Crippen molar-refractivity contribution in [2.24, 2.45) is 0 Å². The molecule has 1 aromatic rings. The van der Waals surface area contributed by atoms with E-state index in [1.165, 1.54) is 5.56 Å². The van der Waals surface area contributed by atoms with Crippen LogP contribution in [0.25, 0.3) is 0 Å². The van der Waals surface area contributed by atoms with Crippen molar-refractivity contribution in [3.63, 3.8) is 0 Å². The van der Waals surface area contributed by atoms with Crippen molar-refractivity contribution in [1.29, 1.82) is 0 Å². The van der Waals surface area contributed by atoms with Crippen molar-refractivity contribution in [2.45, 2.75) is 37.8 Å². The van der Waals surface area contributed by atoms with E-state index < -0.39 is 0 Å². The zero-order chi connectivity index (χ0) is 13.2. The van der Waals surface area contributed by atoms with Crippen LogP contribution in [0.2, 0.25) is 0 Å². The first-order valence-corrected chi connectivity index (χ1v) is 7.03. The second-order valence-electron chi connectivity index (χ2n) is 5.36. The van der Waals surface area contributed by atoms with Gasteiger partial charge in [0.2, 0.25) is 0 Å². The quantitative estimate of drug-likeness (QED) is 0.829. The number of ether oxygens (including phenoxy) is 1. The fourth-order valence-corrected chi connectivity index (χ4v) is 3.05. The van der Waals surface area contributed by atoms with Crippen LogP contribution >= 0.6 is 0 Å². The third kappa shape index (κ3) is 2.45. The van der Waals surface area contributed by atoms with Gasteiger partial charge in [0.1, 0.15) is 6.10 Å². The van der Waals surface area contributed by atoms with Gasteiger partial charge >= 0.3 is 0 Å². The number of amides is 1. The van der Waals surface area contributed by atoms with Crippen LogP contribution < -0.4 is 5.73 Å². The molecule has 0 bridgehead atoms. The lowest BCUT2D eigenvalue weighted by atomic mass is 10.0. The third-order valence-corrected chi connectivity index (χ3v) is 4.06. The molecule has 2 atom stereocenters. The number of carbonyl (C=O) groups is 1. The first-order valence-electron chi connectivity index (χ1n) is 7.03. The summed E-state index contributed by atoms with van der Waals surface area (Å²) in [6.07, 6.45) is 3.74. The van der Waals surface area contributed by atoms with Crippen molar-refractivity contribution >= 4 is 11.6 Å². The van der Waals surface area contributed by atoms with E-state index in [1.807, 2.05) is 29.2 Å². The topological polar surface area (TPSA) is 55.6 Å². The number of carbonyl (C=O) groups excluding carboxylic acids is 1. The minimum absolute atomic E-state index is 0.164. The number of nitrogens with zero attached hydrogens (tertiary/aromatic N) is 1. The Morgan fingerprint density at radius 3 is 2.68 bits per heavy atom. The summed E-state index contributed by atoms with van der Waals surface area (Å²) in [7, 11) is 0. The first kappa shape index (κ1) is 12.5. The Kier molecular flexibility index (Phi) is 3.42. The maximum Gasteiger partial charge on any atom is 0.252 e. The van der Waals surface area contributed by atoms with Gasteiger partial charge in [-0.3, -0.25) is 4.79 Å². The van der Waals surface area contributed by atoms with Crippen LogP contribution in [0.3, 0.4) is 0 Å². The molecule has 2 saturated heterocycles.